The number of carbonyl (C=O) groups is 1. The molecule has 3 aromatic heterocycles. The Labute approximate surface area is 179 Å². The number of thiophene rings is 1. The SMILES string of the molecule is Cc1cc(C(=O)Cn2c(CS(C)(=O)=O)nc3ccccc32)c(C)n1Cc1cccs1. The lowest BCUT2D eigenvalue weighted by molar-refractivity contribution is 0.0971. The Balaban J connectivity index is 1.69. The summed E-state index contributed by atoms with van der Waals surface area (Å²) in [6, 6.07) is 13.4. The van der Waals surface area contributed by atoms with Crippen molar-refractivity contribution in [3.05, 3.63) is 75.5 Å². The van der Waals surface area contributed by atoms with Crippen LogP contribution in [0.1, 0.15) is 32.4 Å². The Morgan fingerprint density at radius 1 is 1.10 bits per heavy atom. The molecule has 4 aromatic rings. The number of hydrogen-bond donors (Lipinski definition) is 0. The van der Waals surface area contributed by atoms with Gasteiger partial charge < -0.3 is 9.13 Å². The molecule has 0 atom stereocenters. The highest BCUT2D eigenvalue weighted by atomic mass is 32.2. The van der Waals surface area contributed by atoms with Gasteiger partial charge in [-0.3, -0.25) is 4.79 Å². The van der Waals surface area contributed by atoms with Crippen LogP contribution in [0.4, 0.5) is 0 Å². The van der Waals surface area contributed by atoms with E-state index in [0.717, 1.165) is 23.4 Å². The minimum atomic E-state index is -3.29. The van der Waals surface area contributed by atoms with Crippen LogP contribution in [0.5, 0.6) is 0 Å². The van der Waals surface area contributed by atoms with Crippen LogP contribution in [0.2, 0.25) is 0 Å². The first-order chi connectivity index (χ1) is 14.2. The van der Waals surface area contributed by atoms with E-state index >= 15 is 0 Å². The molecule has 0 aliphatic rings. The van der Waals surface area contributed by atoms with Crippen molar-refractivity contribution in [1.82, 2.24) is 14.1 Å². The largest absolute Gasteiger partial charge is 0.343 e. The number of aromatic nitrogens is 3. The maximum absolute atomic E-state index is 13.3. The van der Waals surface area contributed by atoms with E-state index in [4.69, 9.17) is 0 Å². The van der Waals surface area contributed by atoms with Gasteiger partial charge in [0.25, 0.3) is 0 Å². The molecule has 6 nitrogen and oxygen atoms in total. The standard InChI is InChI=1S/C22H23N3O3S2/c1-15-11-18(16(2)24(15)12-17-7-6-10-29-17)21(26)13-25-20-9-5-4-8-19(20)23-22(25)14-30(3,27)28/h4-11H,12-14H2,1-3H3. The van der Waals surface area contributed by atoms with Gasteiger partial charge in [0, 0.05) is 28.1 Å². The van der Waals surface area contributed by atoms with Crippen LogP contribution >= 0.6 is 11.3 Å². The van der Waals surface area contributed by atoms with Crippen molar-refractivity contribution in [3.8, 4) is 0 Å². The summed E-state index contributed by atoms with van der Waals surface area (Å²) in [6.45, 7) is 4.74. The molecule has 156 valence electrons. The van der Waals surface area contributed by atoms with Crippen molar-refractivity contribution < 1.29 is 13.2 Å². The van der Waals surface area contributed by atoms with E-state index in [2.05, 4.69) is 15.6 Å². The summed E-state index contributed by atoms with van der Waals surface area (Å²) < 4.78 is 27.7. The molecule has 4 rings (SSSR count). The summed E-state index contributed by atoms with van der Waals surface area (Å²) >= 11 is 1.69. The van der Waals surface area contributed by atoms with Crippen molar-refractivity contribution >= 4 is 38.0 Å². The quantitative estimate of drug-likeness (QED) is 0.407. The van der Waals surface area contributed by atoms with E-state index in [1.165, 1.54) is 11.1 Å². The number of rotatable bonds is 7. The first kappa shape index (κ1) is 20.6. The second-order valence-corrected chi connectivity index (χ2v) is 10.7. The molecule has 0 fully saturated rings. The third-order valence-electron chi connectivity index (χ3n) is 5.19. The molecule has 0 amide bonds. The van der Waals surface area contributed by atoms with Gasteiger partial charge in [-0.1, -0.05) is 18.2 Å². The van der Waals surface area contributed by atoms with Gasteiger partial charge in [0.2, 0.25) is 0 Å². The topological polar surface area (TPSA) is 74.0 Å². The fraction of sp³-hybridized carbons (Fsp3) is 0.273. The summed E-state index contributed by atoms with van der Waals surface area (Å²) in [5.74, 6) is 0.129. The summed E-state index contributed by atoms with van der Waals surface area (Å²) in [6.07, 6.45) is 1.18. The highest BCUT2D eigenvalue weighted by Gasteiger charge is 2.21. The Morgan fingerprint density at radius 3 is 2.57 bits per heavy atom. The van der Waals surface area contributed by atoms with Crippen LogP contribution in [0.15, 0.2) is 47.8 Å². The predicted molar refractivity (Wildman–Crippen MR) is 120 cm³/mol. The molecule has 0 spiro atoms. The fourth-order valence-corrected chi connectivity index (χ4v) is 5.14. The molecule has 1 aromatic carbocycles. The van der Waals surface area contributed by atoms with Gasteiger partial charge in [0.1, 0.15) is 11.6 Å². The molecular formula is C22H23N3O3S2. The number of ketones is 1. The number of para-hydroxylation sites is 2. The minimum Gasteiger partial charge on any atom is -0.343 e. The Hall–Kier alpha value is -2.71. The van der Waals surface area contributed by atoms with Crippen LogP contribution < -0.4 is 0 Å². The molecule has 0 aliphatic heterocycles. The van der Waals surface area contributed by atoms with E-state index in [9.17, 15) is 13.2 Å². The van der Waals surface area contributed by atoms with Crippen LogP contribution in [-0.4, -0.2) is 34.6 Å². The molecule has 0 N–H and O–H groups in total. The molecule has 30 heavy (non-hydrogen) atoms. The lowest BCUT2D eigenvalue weighted by Gasteiger charge is -2.10. The zero-order valence-electron chi connectivity index (χ0n) is 17.1. The van der Waals surface area contributed by atoms with Crippen LogP contribution in [-0.2, 0) is 28.7 Å². The number of sulfone groups is 1. The molecule has 0 unspecified atom stereocenters. The van der Waals surface area contributed by atoms with Gasteiger partial charge in [-0.05, 0) is 43.5 Å². The van der Waals surface area contributed by atoms with E-state index in [0.29, 0.717) is 16.9 Å². The van der Waals surface area contributed by atoms with E-state index in [1.807, 2.05) is 55.6 Å². The van der Waals surface area contributed by atoms with Crippen molar-refractivity contribution in [2.45, 2.75) is 32.7 Å². The van der Waals surface area contributed by atoms with Gasteiger partial charge >= 0.3 is 0 Å². The maximum Gasteiger partial charge on any atom is 0.184 e. The van der Waals surface area contributed by atoms with E-state index in [1.54, 1.807) is 15.9 Å². The van der Waals surface area contributed by atoms with Crippen molar-refractivity contribution in [1.29, 1.82) is 0 Å². The molecule has 0 saturated carbocycles. The van der Waals surface area contributed by atoms with Crippen LogP contribution in [0.3, 0.4) is 0 Å². The Kier molecular flexibility index (Phi) is 5.38. The number of aryl methyl sites for hydroxylation is 1. The molecule has 3 heterocycles. The fourth-order valence-electron chi connectivity index (χ4n) is 3.76. The highest BCUT2D eigenvalue weighted by molar-refractivity contribution is 7.89. The lowest BCUT2D eigenvalue weighted by Crippen LogP contribution is -2.16. The van der Waals surface area contributed by atoms with Gasteiger partial charge in [-0.2, -0.15) is 0 Å². The molecular weight excluding hydrogens is 418 g/mol. The average Bonchev–Trinajstić information content (AvgIpc) is 3.36. The Bertz CT molecular complexity index is 1330. The van der Waals surface area contributed by atoms with E-state index < -0.39 is 9.84 Å². The van der Waals surface area contributed by atoms with E-state index in [-0.39, 0.29) is 18.1 Å². The molecule has 0 radical (unpaired) electrons. The molecule has 0 aliphatic carbocycles. The normalized spacial score (nSPS) is 12.0. The maximum atomic E-state index is 13.3. The third kappa shape index (κ3) is 4.11. The third-order valence-corrected chi connectivity index (χ3v) is 6.84. The number of benzene rings is 1. The Morgan fingerprint density at radius 2 is 1.87 bits per heavy atom. The lowest BCUT2D eigenvalue weighted by atomic mass is 10.1. The van der Waals surface area contributed by atoms with Crippen molar-refractivity contribution in [2.24, 2.45) is 0 Å². The van der Waals surface area contributed by atoms with Gasteiger partial charge in [0.15, 0.2) is 15.6 Å². The van der Waals surface area contributed by atoms with Crippen molar-refractivity contribution in [3.63, 3.8) is 0 Å². The zero-order valence-corrected chi connectivity index (χ0v) is 18.8. The minimum absolute atomic E-state index is 0.0503. The number of imidazole rings is 1. The number of fused-ring (bicyclic) bond motifs is 1. The van der Waals surface area contributed by atoms with Gasteiger partial charge in [-0.25, -0.2) is 13.4 Å². The van der Waals surface area contributed by atoms with Crippen LogP contribution in [0, 0.1) is 13.8 Å². The molecule has 0 saturated heterocycles. The predicted octanol–water partition coefficient (Wildman–Crippen LogP) is 3.99. The number of Topliss-reactive ketones (excluding diaryl/α,β-unsaturated/α-hetero) is 1. The molecule has 8 heteroatoms. The zero-order chi connectivity index (χ0) is 21.5. The molecule has 0 bridgehead atoms. The van der Waals surface area contributed by atoms with Gasteiger partial charge in [-0.15, -0.1) is 11.3 Å². The van der Waals surface area contributed by atoms with Crippen LogP contribution in [0.25, 0.3) is 11.0 Å². The summed E-state index contributed by atoms with van der Waals surface area (Å²) in [5.41, 5.74) is 4.05. The van der Waals surface area contributed by atoms with Gasteiger partial charge in [0.05, 0.1) is 24.1 Å². The second kappa shape index (κ2) is 7.85. The first-order valence-corrected chi connectivity index (χ1v) is 12.5. The summed E-state index contributed by atoms with van der Waals surface area (Å²) in [5, 5.41) is 2.04. The van der Waals surface area contributed by atoms with Crippen molar-refractivity contribution in [2.75, 3.05) is 6.26 Å². The summed E-state index contributed by atoms with van der Waals surface area (Å²) in [4.78, 5) is 18.9. The first-order valence-electron chi connectivity index (χ1n) is 9.57. The number of nitrogens with zero attached hydrogens (tertiary/aromatic N) is 3. The number of carbonyl (C=O) groups excluding carboxylic acids is 1. The smallest absolute Gasteiger partial charge is 0.184 e. The highest BCUT2D eigenvalue weighted by Crippen LogP contribution is 2.22. The average molecular weight is 442 g/mol. The monoisotopic (exact) mass is 441 g/mol. The second-order valence-electron chi connectivity index (χ2n) is 7.55. The summed E-state index contributed by atoms with van der Waals surface area (Å²) in [7, 11) is -3.29. The number of hydrogen-bond acceptors (Lipinski definition) is 5.